The molecule has 3 heterocycles. The first-order chi connectivity index (χ1) is 13.7. The molecule has 1 aromatic carbocycles. The predicted octanol–water partition coefficient (Wildman–Crippen LogP) is 3.05. The number of carbonyl (C=O) groups excluding carboxylic acids is 2. The SMILES string of the molecule is C=CCNC(=O)c1nc(C(=O)Nc2cccc3cccnc23)n2ccccc12. The van der Waals surface area contributed by atoms with Crippen LogP contribution in [0.5, 0.6) is 0 Å². The summed E-state index contributed by atoms with van der Waals surface area (Å²) < 4.78 is 1.59. The van der Waals surface area contributed by atoms with E-state index < -0.39 is 5.91 Å². The van der Waals surface area contributed by atoms with Gasteiger partial charge < -0.3 is 10.6 Å². The molecule has 0 bridgehead atoms. The van der Waals surface area contributed by atoms with Gasteiger partial charge in [0.25, 0.3) is 11.8 Å². The molecule has 2 amide bonds. The molecule has 0 aliphatic heterocycles. The lowest BCUT2D eigenvalue weighted by Crippen LogP contribution is -2.24. The Kier molecular flexibility index (Phi) is 4.55. The Labute approximate surface area is 160 Å². The van der Waals surface area contributed by atoms with Crippen molar-refractivity contribution in [2.24, 2.45) is 0 Å². The van der Waals surface area contributed by atoms with Crippen molar-refractivity contribution in [1.29, 1.82) is 0 Å². The third-order valence-corrected chi connectivity index (χ3v) is 4.25. The van der Waals surface area contributed by atoms with Crippen LogP contribution in [0.1, 0.15) is 21.1 Å². The maximum atomic E-state index is 13.0. The molecule has 2 N–H and O–H groups in total. The van der Waals surface area contributed by atoms with E-state index in [1.165, 1.54) is 0 Å². The van der Waals surface area contributed by atoms with Gasteiger partial charge in [0.2, 0.25) is 5.82 Å². The zero-order valence-corrected chi connectivity index (χ0v) is 14.9. The molecule has 4 aromatic rings. The smallest absolute Gasteiger partial charge is 0.292 e. The molecular formula is C21H17N5O2. The summed E-state index contributed by atoms with van der Waals surface area (Å²) in [6, 6.07) is 14.6. The van der Waals surface area contributed by atoms with Crippen LogP contribution in [0, 0.1) is 0 Å². The van der Waals surface area contributed by atoms with E-state index in [9.17, 15) is 9.59 Å². The Hall–Kier alpha value is -4.00. The molecule has 0 radical (unpaired) electrons. The number of anilines is 1. The molecule has 7 heteroatoms. The van der Waals surface area contributed by atoms with Gasteiger partial charge in [-0.2, -0.15) is 0 Å². The first kappa shape index (κ1) is 17.4. The van der Waals surface area contributed by atoms with Crippen LogP contribution in [0.4, 0.5) is 5.69 Å². The van der Waals surface area contributed by atoms with Gasteiger partial charge in [-0.3, -0.25) is 19.0 Å². The van der Waals surface area contributed by atoms with Crippen molar-refractivity contribution in [2.75, 3.05) is 11.9 Å². The maximum Gasteiger partial charge on any atom is 0.292 e. The quantitative estimate of drug-likeness (QED) is 0.528. The minimum absolute atomic E-state index is 0.118. The van der Waals surface area contributed by atoms with Crippen LogP contribution < -0.4 is 10.6 Å². The first-order valence-corrected chi connectivity index (χ1v) is 8.70. The van der Waals surface area contributed by atoms with Crippen molar-refractivity contribution in [1.82, 2.24) is 19.7 Å². The van der Waals surface area contributed by atoms with Crippen LogP contribution in [0.3, 0.4) is 0 Å². The highest BCUT2D eigenvalue weighted by atomic mass is 16.2. The second-order valence-electron chi connectivity index (χ2n) is 6.07. The van der Waals surface area contributed by atoms with Gasteiger partial charge in [-0.15, -0.1) is 6.58 Å². The van der Waals surface area contributed by atoms with Crippen LogP contribution in [-0.4, -0.2) is 32.7 Å². The molecule has 0 atom stereocenters. The van der Waals surface area contributed by atoms with E-state index in [-0.39, 0.29) is 17.4 Å². The Morgan fingerprint density at radius 2 is 1.93 bits per heavy atom. The zero-order valence-electron chi connectivity index (χ0n) is 14.9. The standard InChI is InChI=1S/C21H17N5O2/c1-2-11-23-20(27)18-16-10-3-4-13-26(16)19(25-18)21(28)24-15-9-5-7-14-8-6-12-22-17(14)15/h2-10,12-13H,1,11H2,(H,23,27)(H,24,28). The zero-order chi connectivity index (χ0) is 19.5. The number of aromatic nitrogens is 3. The lowest BCUT2D eigenvalue weighted by atomic mass is 10.2. The highest BCUT2D eigenvalue weighted by Gasteiger charge is 2.21. The van der Waals surface area contributed by atoms with Gasteiger partial charge in [0.15, 0.2) is 5.69 Å². The topological polar surface area (TPSA) is 88.4 Å². The van der Waals surface area contributed by atoms with Gasteiger partial charge in [0.1, 0.15) is 0 Å². The van der Waals surface area contributed by atoms with E-state index in [2.05, 4.69) is 27.2 Å². The van der Waals surface area contributed by atoms with E-state index >= 15 is 0 Å². The molecule has 0 unspecified atom stereocenters. The summed E-state index contributed by atoms with van der Waals surface area (Å²) in [7, 11) is 0. The molecule has 0 saturated heterocycles. The Bertz CT molecular complexity index is 1210. The van der Waals surface area contributed by atoms with Gasteiger partial charge >= 0.3 is 0 Å². The normalized spacial score (nSPS) is 10.7. The molecule has 0 spiro atoms. The van der Waals surface area contributed by atoms with Crippen molar-refractivity contribution in [3.8, 4) is 0 Å². The van der Waals surface area contributed by atoms with Crippen molar-refractivity contribution in [3.63, 3.8) is 0 Å². The van der Waals surface area contributed by atoms with E-state index in [4.69, 9.17) is 0 Å². The van der Waals surface area contributed by atoms with Crippen LogP contribution in [0.15, 0.2) is 73.6 Å². The van der Waals surface area contributed by atoms with Gasteiger partial charge in [-0.1, -0.05) is 30.3 Å². The number of amides is 2. The summed E-state index contributed by atoms with van der Waals surface area (Å²) in [6.07, 6.45) is 4.95. The summed E-state index contributed by atoms with van der Waals surface area (Å²) in [5.74, 6) is -0.677. The highest BCUT2D eigenvalue weighted by molar-refractivity contribution is 6.08. The van der Waals surface area contributed by atoms with E-state index in [1.54, 1.807) is 47.1 Å². The van der Waals surface area contributed by atoms with Crippen LogP contribution in [0.25, 0.3) is 16.4 Å². The van der Waals surface area contributed by atoms with Gasteiger partial charge in [-0.05, 0) is 24.3 Å². The van der Waals surface area contributed by atoms with Crippen LogP contribution >= 0.6 is 0 Å². The average Bonchev–Trinajstić information content (AvgIpc) is 3.12. The molecule has 7 nitrogen and oxygen atoms in total. The van der Waals surface area contributed by atoms with Crippen molar-refractivity contribution >= 4 is 33.9 Å². The molecule has 3 aromatic heterocycles. The fourth-order valence-corrected chi connectivity index (χ4v) is 3.00. The number of nitrogens with zero attached hydrogens (tertiary/aromatic N) is 3. The summed E-state index contributed by atoms with van der Waals surface area (Å²) in [6.45, 7) is 3.90. The number of carbonyl (C=O) groups is 2. The molecule has 0 aliphatic rings. The van der Waals surface area contributed by atoms with Crippen molar-refractivity contribution in [3.05, 3.63) is 85.1 Å². The predicted molar refractivity (Wildman–Crippen MR) is 107 cm³/mol. The van der Waals surface area contributed by atoms with E-state index in [0.29, 0.717) is 23.3 Å². The summed E-state index contributed by atoms with van der Waals surface area (Å²) >= 11 is 0. The number of nitrogens with one attached hydrogen (secondary N) is 2. The second-order valence-corrected chi connectivity index (χ2v) is 6.07. The fourth-order valence-electron chi connectivity index (χ4n) is 3.00. The fraction of sp³-hybridized carbons (Fsp3) is 0.0476. The number of hydrogen-bond acceptors (Lipinski definition) is 4. The van der Waals surface area contributed by atoms with Crippen LogP contribution in [0.2, 0.25) is 0 Å². The van der Waals surface area contributed by atoms with Crippen LogP contribution in [-0.2, 0) is 0 Å². The summed E-state index contributed by atoms with van der Waals surface area (Å²) in [4.78, 5) is 34.0. The number of pyridine rings is 2. The van der Waals surface area contributed by atoms with Crippen molar-refractivity contribution < 1.29 is 9.59 Å². The Morgan fingerprint density at radius 3 is 2.79 bits per heavy atom. The van der Waals surface area contributed by atoms with Gasteiger partial charge in [0.05, 0.1) is 16.7 Å². The molecule has 0 fully saturated rings. The minimum Gasteiger partial charge on any atom is -0.347 e. The number of imidazole rings is 1. The minimum atomic E-state index is -0.429. The van der Waals surface area contributed by atoms with E-state index in [0.717, 1.165) is 5.39 Å². The molecule has 0 aliphatic carbocycles. The van der Waals surface area contributed by atoms with E-state index in [1.807, 2.05) is 24.3 Å². The van der Waals surface area contributed by atoms with Gasteiger partial charge in [-0.25, -0.2) is 4.98 Å². The second kappa shape index (κ2) is 7.32. The molecule has 28 heavy (non-hydrogen) atoms. The lowest BCUT2D eigenvalue weighted by Gasteiger charge is -2.07. The average molecular weight is 371 g/mol. The Morgan fingerprint density at radius 1 is 1.07 bits per heavy atom. The number of fused-ring (bicyclic) bond motifs is 2. The van der Waals surface area contributed by atoms with Gasteiger partial charge in [0, 0.05) is 24.3 Å². The third-order valence-electron chi connectivity index (χ3n) is 4.25. The lowest BCUT2D eigenvalue weighted by molar-refractivity contribution is 0.0955. The third kappa shape index (κ3) is 3.09. The largest absolute Gasteiger partial charge is 0.347 e. The maximum absolute atomic E-state index is 13.0. The molecule has 4 rings (SSSR count). The van der Waals surface area contributed by atoms with Crippen molar-refractivity contribution in [2.45, 2.75) is 0 Å². The number of para-hydroxylation sites is 1. The monoisotopic (exact) mass is 371 g/mol. The Balaban J connectivity index is 1.73. The number of rotatable bonds is 5. The highest BCUT2D eigenvalue weighted by Crippen LogP contribution is 2.22. The first-order valence-electron chi connectivity index (χ1n) is 8.70. The molecule has 0 saturated carbocycles. The molecule has 138 valence electrons. The molecular weight excluding hydrogens is 354 g/mol. The summed E-state index contributed by atoms with van der Waals surface area (Å²) in [5.41, 5.74) is 1.99. The summed E-state index contributed by atoms with van der Waals surface area (Å²) in [5, 5.41) is 6.46. The number of hydrogen-bond donors (Lipinski definition) is 2. The number of benzene rings is 1.